The van der Waals surface area contributed by atoms with Crippen molar-refractivity contribution in [2.45, 2.75) is 19.4 Å². The Bertz CT molecular complexity index is 339. The Labute approximate surface area is 100 Å². The van der Waals surface area contributed by atoms with Crippen molar-refractivity contribution in [1.82, 2.24) is 0 Å². The predicted octanol–water partition coefficient (Wildman–Crippen LogP) is 2.81. The molecule has 0 aliphatic heterocycles. The number of hydrogen-bond acceptors (Lipinski definition) is 3. The summed E-state index contributed by atoms with van der Waals surface area (Å²) in [5, 5.41) is 0.618. The van der Waals surface area contributed by atoms with Gasteiger partial charge in [-0.2, -0.15) is 0 Å². The van der Waals surface area contributed by atoms with Crippen LogP contribution in [0.2, 0.25) is 5.02 Å². The molecule has 16 heavy (non-hydrogen) atoms. The highest BCUT2D eigenvalue weighted by Crippen LogP contribution is 2.15. The summed E-state index contributed by atoms with van der Waals surface area (Å²) in [5.74, 6) is -0.225. The van der Waals surface area contributed by atoms with Gasteiger partial charge < -0.3 is 9.47 Å². The van der Waals surface area contributed by atoms with E-state index < -0.39 is 0 Å². The van der Waals surface area contributed by atoms with Gasteiger partial charge in [-0.25, -0.2) is 0 Å². The highest BCUT2D eigenvalue weighted by Gasteiger charge is 2.04. The van der Waals surface area contributed by atoms with E-state index in [2.05, 4.69) is 0 Å². The van der Waals surface area contributed by atoms with E-state index in [1.54, 1.807) is 13.2 Å². The molecule has 0 heterocycles. The summed E-state index contributed by atoms with van der Waals surface area (Å²) in [6.45, 7) is 0.798. The number of carbonyl (C=O) groups is 1. The summed E-state index contributed by atoms with van der Waals surface area (Å²) in [6.07, 6.45) is 1.05. The number of carbonyl (C=O) groups excluding carboxylic acids is 1. The van der Waals surface area contributed by atoms with E-state index in [0.29, 0.717) is 24.5 Å². The molecule has 0 spiro atoms. The van der Waals surface area contributed by atoms with Crippen LogP contribution in [-0.4, -0.2) is 19.7 Å². The van der Waals surface area contributed by atoms with E-state index in [1.165, 1.54) is 0 Å². The van der Waals surface area contributed by atoms with Gasteiger partial charge in [-0.1, -0.05) is 29.8 Å². The molecule has 0 bridgehead atoms. The molecule has 0 fully saturated rings. The quantitative estimate of drug-likeness (QED) is 0.568. The molecule has 0 unspecified atom stereocenters. The molecule has 1 aromatic carbocycles. The van der Waals surface area contributed by atoms with Gasteiger partial charge in [-0.15, -0.1) is 0 Å². The first-order valence-electron chi connectivity index (χ1n) is 5.12. The van der Waals surface area contributed by atoms with Crippen molar-refractivity contribution in [3.8, 4) is 0 Å². The van der Waals surface area contributed by atoms with E-state index in [1.807, 2.05) is 18.2 Å². The van der Waals surface area contributed by atoms with E-state index in [0.717, 1.165) is 5.56 Å². The molecule has 0 amide bonds. The summed E-state index contributed by atoms with van der Waals surface area (Å²) in [7, 11) is 1.61. The Hall–Kier alpha value is -1.06. The third kappa shape index (κ3) is 4.64. The van der Waals surface area contributed by atoms with Gasteiger partial charge in [0.25, 0.3) is 0 Å². The van der Waals surface area contributed by atoms with Gasteiger partial charge in [-0.3, -0.25) is 4.79 Å². The lowest BCUT2D eigenvalue weighted by molar-refractivity contribution is -0.145. The van der Waals surface area contributed by atoms with Crippen LogP contribution in [0.15, 0.2) is 24.3 Å². The second-order valence-electron chi connectivity index (χ2n) is 3.35. The van der Waals surface area contributed by atoms with Crippen LogP contribution in [0.4, 0.5) is 0 Å². The lowest BCUT2D eigenvalue weighted by Crippen LogP contribution is -2.06. The van der Waals surface area contributed by atoms with Gasteiger partial charge >= 0.3 is 5.97 Å². The zero-order valence-electron chi connectivity index (χ0n) is 9.24. The number of ether oxygens (including phenoxy) is 2. The average Bonchev–Trinajstić information content (AvgIpc) is 2.28. The van der Waals surface area contributed by atoms with Gasteiger partial charge in [-0.05, 0) is 12.5 Å². The fourth-order valence-electron chi connectivity index (χ4n) is 1.21. The molecule has 0 atom stereocenters. The van der Waals surface area contributed by atoms with Gasteiger partial charge in [0.1, 0.15) is 6.61 Å². The first-order chi connectivity index (χ1) is 7.74. The van der Waals surface area contributed by atoms with Crippen molar-refractivity contribution in [3.05, 3.63) is 34.9 Å². The maximum atomic E-state index is 11.3. The summed E-state index contributed by atoms with van der Waals surface area (Å²) >= 11 is 5.92. The molecular weight excluding hydrogens is 228 g/mol. The third-order valence-electron chi connectivity index (χ3n) is 2.08. The van der Waals surface area contributed by atoms with E-state index in [4.69, 9.17) is 21.1 Å². The molecule has 0 N–H and O–H groups in total. The van der Waals surface area contributed by atoms with Gasteiger partial charge in [0, 0.05) is 30.7 Å². The zero-order chi connectivity index (χ0) is 11.8. The average molecular weight is 243 g/mol. The maximum Gasteiger partial charge on any atom is 0.306 e. The van der Waals surface area contributed by atoms with Crippen LogP contribution >= 0.6 is 11.6 Å². The van der Waals surface area contributed by atoms with Gasteiger partial charge in [0.2, 0.25) is 0 Å². The molecule has 3 nitrogen and oxygen atoms in total. The van der Waals surface area contributed by atoms with Gasteiger partial charge in [0.05, 0.1) is 0 Å². The standard InChI is InChI=1S/C12H15ClO3/c1-15-8-4-7-12(14)16-9-10-5-2-3-6-11(10)13/h2-3,5-6H,4,7-9H2,1H3. The van der Waals surface area contributed by atoms with E-state index >= 15 is 0 Å². The normalized spacial score (nSPS) is 10.1. The van der Waals surface area contributed by atoms with Crippen molar-refractivity contribution >= 4 is 17.6 Å². The first-order valence-corrected chi connectivity index (χ1v) is 5.50. The van der Waals surface area contributed by atoms with E-state index in [9.17, 15) is 4.79 Å². The Kier molecular flexibility index (Phi) is 5.90. The largest absolute Gasteiger partial charge is 0.461 e. The van der Waals surface area contributed by atoms with Crippen LogP contribution in [0.1, 0.15) is 18.4 Å². The lowest BCUT2D eigenvalue weighted by atomic mass is 10.2. The van der Waals surface area contributed by atoms with Crippen molar-refractivity contribution in [2.75, 3.05) is 13.7 Å². The number of hydrogen-bond donors (Lipinski definition) is 0. The second kappa shape index (κ2) is 7.25. The number of esters is 1. The third-order valence-corrected chi connectivity index (χ3v) is 2.44. The van der Waals surface area contributed by atoms with Crippen LogP contribution in [-0.2, 0) is 20.9 Å². The SMILES string of the molecule is COCCCC(=O)OCc1ccccc1Cl. The second-order valence-corrected chi connectivity index (χ2v) is 3.76. The molecule has 0 aliphatic carbocycles. The minimum atomic E-state index is -0.225. The van der Waals surface area contributed by atoms with E-state index in [-0.39, 0.29) is 12.6 Å². The number of halogens is 1. The molecule has 0 aromatic heterocycles. The highest BCUT2D eigenvalue weighted by atomic mass is 35.5. The zero-order valence-corrected chi connectivity index (χ0v) is 10.00. The predicted molar refractivity (Wildman–Crippen MR) is 62.4 cm³/mol. The monoisotopic (exact) mass is 242 g/mol. The molecular formula is C12H15ClO3. The topological polar surface area (TPSA) is 35.5 Å². The van der Waals surface area contributed by atoms with Crippen LogP contribution in [0.5, 0.6) is 0 Å². The molecule has 0 saturated carbocycles. The number of methoxy groups -OCH3 is 1. The van der Waals surface area contributed by atoms with Crippen LogP contribution in [0, 0.1) is 0 Å². The summed E-state index contributed by atoms with van der Waals surface area (Å²) in [5.41, 5.74) is 0.823. The molecule has 0 radical (unpaired) electrons. The molecule has 0 saturated heterocycles. The smallest absolute Gasteiger partial charge is 0.306 e. The minimum Gasteiger partial charge on any atom is -0.461 e. The minimum absolute atomic E-state index is 0.225. The van der Waals surface area contributed by atoms with Crippen molar-refractivity contribution in [3.63, 3.8) is 0 Å². The van der Waals surface area contributed by atoms with Crippen LogP contribution in [0.25, 0.3) is 0 Å². The fraction of sp³-hybridized carbons (Fsp3) is 0.417. The molecule has 88 valence electrons. The first kappa shape index (κ1) is 13.0. The lowest BCUT2D eigenvalue weighted by Gasteiger charge is -2.06. The molecule has 1 rings (SSSR count). The van der Waals surface area contributed by atoms with Gasteiger partial charge in [0.15, 0.2) is 0 Å². The van der Waals surface area contributed by atoms with Crippen molar-refractivity contribution in [1.29, 1.82) is 0 Å². The van der Waals surface area contributed by atoms with Crippen LogP contribution < -0.4 is 0 Å². The highest BCUT2D eigenvalue weighted by molar-refractivity contribution is 6.31. The summed E-state index contributed by atoms with van der Waals surface area (Å²) in [4.78, 5) is 11.3. The Morgan fingerprint density at radius 3 is 2.81 bits per heavy atom. The molecule has 1 aromatic rings. The molecule has 0 aliphatic rings. The van der Waals surface area contributed by atoms with Crippen molar-refractivity contribution in [2.24, 2.45) is 0 Å². The Morgan fingerprint density at radius 2 is 2.12 bits per heavy atom. The Balaban J connectivity index is 2.29. The summed E-state index contributed by atoms with van der Waals surface area (Å²) < 4.78 is 9.92. The van der Waals surface area contributed by atoms with Crippen LogP contribution in [0.3, 0.4) is 0 Å². The molecule has 4 heteroatoms. The van der Waals surface area contributed by atoms with Crippen molar-refractivity contribution < 1.29 is 14.3 Å². The number of benzene rings is 1. The maximum absolute atomic E-state index is 11.3. The Morgan fingerprint density at radius 1 is 1.38 bits per heavy atom. The fourth-order valence-corrected chi connectivity index (χ4v) is 1.40. The summed E-state index contributed by atoms with van der Waals surface area (Å²) in [6, 6.07) is 7.31. The number of rotatable bonds is 6.